The minimum absolute atomic E-state index is 0.0981. The van der Waals surface area contributed by atoms with Gasteiger partial charge in [0, 0.05) is 22.2 Å². The van der Waals surface area contributed by atoms with Gasteiger partial charge < -0.3 is 14.7 Å². The predicted molar refractivity (Wildman–Crippen MR) is 82.4 cm³/mol. The van der Waals surface area contributed by atoms with Crippen LogP contribution in [0.3, 0.4) is 0 Å². The van der Waals surface area contributed by atoms with E-state index in [1.807, 2.05) is 44.2 Å². The summed E-state index contributed by atoms with van der Waals surface area (Å²) in [4.78, 5) is 15.7. The van der Waals surface area contributed by atoms with Gasteiger partial charge in [0.25, 0.3) is 5.91 Å². The second kappa shape index (κ2) is 5.13. The molecular weight excluding hydrogens is 264 g/mol. The first-order valence-electron chi connectivity index (χ1n) is 6.99. The van der Waals surface area contributed by atoms with Crippen LogP contribution >= 0.6 is 0 Å². The summed E-state index contributed by atoms with van der Waals surface area (Å²) in [7, 11) is 0. The standard InChI is InChI=1S/C17H18N2O2/c1-10-11(2)18-15-7-6-13(9-14(10)15)17(20)19-12(3)16-5-4-8-21-16/h4-9,12,18H,1-3H3,(H,19,20). The van der Waals surface area contributed by atoms with Gasteiger partial charge >= 0.3 is 0 Å². The smallest absolute Gasteiger partial charge is 0.251 e. The molecule has 0 saturated carbocycles. The average Bonchev–Trinajstić information content (AvgIpc) is 3.08. The second-order valence-electron chi connectivity index (χ2n) is 5.35. The first-order valence-corrected chi connectivity index (χ1v) is 6.99. The number of aromatic nitrogens is 1. The van der Waals surface area contributed by atoms with Crippen molar-refractivity contribution < 1.29 is 9.21 Å². The third-order valence-electron chi connectivity index (χ3n) is 3.89. The Labute approximate surface area is 123 Å². The van der Waals surface area contributed by atoms with Crippen molar-refractivity contribution in [3.8, 4) is 0 Å². The van der Waals surface area contributed by atoms with Crippen molar-refractivity contribution >= 4 is 16.8 Å². The quantitative estimate of drug-likeness (QED) is 0.766. The van der Waals surface area contributed by atoms with Gasteiger partial charge in [-0.15, -0.1) is 0 Å². The van der Waals surface area contributed by atoms with E-state index in [0.717, 1.165) is 22.4 Å². The topological polar surface area (TPSA) is 58.0 Å². The second-order valence-corrected chi connectivity index (χ2v) is 5.35. The number of fused-ring (bicyclic) bond motifs is 1. The number of rotatable bonds is 3. The molecule has 1 aromatic carbocycles. The highest BCUT2D eigenvalue weighted by atomic mass is 16.3. The third kappa shape index (κ3) is 2.44. The number of carbonyl (C=O) groups excluding carboxylic acids is 1. The summed E-state index contributed by atoms with van der Waals surface area (Å²) in [5.74, 6) is 0.650. The lowest BCUT2D eigenvalue weighted by atomic mass is 10.1. The van der Waals surface area contributed by atoms with Crippen LogP contribution in [0, 0.1) is 13.8 Å². The van der Waals surface area contributed by atoms with E-state index in [1.54, 1.807) is 6.26 Å². The number of carbonyl (C=O) groups is 1. The van der Waals surface area contributed by atoms with Crippen molar-refractivity contribution in [2.45, 2.75) is 26.8 Å². The van der Waals surface area contributed by atoms with Crippen molar-refractivity contribution in [1.29, 1.82) is 0 Å². The van der Waals surface area contributed by atoms with E-state index in [1.165, 1.54) is 5.56 Å². The molecule has 0 aliphatic rings. The fourth-order valence-electron chi connectivity index (χ4n) is 2.49. The zero-order valence-corrected chi connectivity index (χ0v) is 12.4. The normalized spacial score (nSPS) is 12.5. The Morgan fingerprint density at radius 3 is 2.81 bits per heavy atom. The Morgan fingerprint density at radius 2 is 2.10 bits per heavy atom. The number of aryl methyl sites for hydroxylation is 2. The monoisotopic (exact) mass is 282 g/mol. The number of hydrogen-bond acceptors (Lipinski definition) is 2. The SMILES string of the molecule is Cc1[nH]c2ccc(C(=O)NC(C)c3ccco3)cc2c1C. The number of nitrogens with one attached hydrogen (secondary N) is 2. The maximum atomic E-state index is 12.3. The van der Waals surface area contributed by atoms with Crippen LogP contribution in [0.5, 0.6) is 0 Å². The molecule has 1 atom stereocenters. The Bertz CT molecular complexity index is 785. The molecule has 0 radical (unpaired) electrons. The van der Waals surface area contributed by atoms with E-state index in [2.05, 4.69) is 17.2 Å². The first kappa shape index (κ1) is 13.5. The number of H-pyrrole nitrogens is 1. The molecule has 0 aliphatic heterocycles. The lowest BCUT2D eigenvalue weighted by Crippen LogP contribution is -2.26. The van der Waals surface area contributed by atoms with Crippen LogP contribution in [0.15, 0.2) is 41.0 Å². The maximum Gasteiger partial charge on any atom is 0.251 e. The summed E-state index contributed by atoms with van der Waals surface area (Å²) in [6, 6.07) is 9.23. The lowest BCUT2D eigenvalue weighted by Gasteiger charge is -2.11. The van der Waals surface area contributed by atoms with E-state index >= 15 is 0 Å². The summed E-state index contributed by atoms with van der Waals surface area (Å²) in [5.41, 5.74) is 4.02. The average molecular weight is 282 g/mol. The van der Waals surface area contributed by atoms with E-state index in [-0.39, 0.29) is 11.9 Å². The molecule has 4 nitrogen and oxygen atoms in total. The molecule has 0 saturated heterocycles. The molecule has 2 aromatic heterocycles. The third-order valence-corrected chi connectivity index (χ3v) is 3.89. The fourth-order valence-corrected chi connectivity index (χ4v) is 2.49. The van der Waals surface area contributed by atoms with Gasteiger partial charge in [0.1, 0.15) is 5.76 Å². The number of hydrogen-bond donors (Lipinski definition) is 2. The highest BCUT2D eigenvalue weighted by Gasteiger charge is 2.14. The van der Waals surface area contributed by atoms with E-state index in [4.69, 9.17) is 4.42 Å². The van der Waals surface area contributed by atoms with Crippen molar-refractivity contribution in [2.24, 2.45) is 0 Å². The molecule has 21 heavy (non-hydrogen) atoms. The largest absolute Gasteiger partial charge is 0.467 e. The first-order chi connectivity index (χ1) is 10.1. The van der Waals surface area contributed by atoms with Crippen LogP contribution in [0.2, 0.25) is 0 Å². The van der Waals surface area contributed by atoms with Crippen LogP contribution in [0.1, 0.15) is 40.3 Å². The van der Waals surface area contributed by atoms with Crippen LogP contribution in [0.25, 0.3) is 10.9 Å². The lowest BCUT2D eigenvalue weighted by molar-refractivity contribution is 0.0935. The molecule has 0 aliphatic carbocycles. The molecule has 1 unspecified atom stereocenters. The molecular formula is C17H18N2O2. The van der Waals surface area contributed by atoms with Crippen molar-refractivity contribution in [1.82, 2.24) is 10.3 Å². The van der Waals surface area contributed by atoms with Crippen LogP contribution in [0.4, 0.5) is 0 Å². The van der Waals surface area contributed by atoms with Gasteiger partial charge in [0.2, 0.25) is 0 Å². The Balaban J connectivity index is 1.86. The molecule has 3 aromatic rings. The summed E-state index contributed by atoms with van der Waals surface area (Å²) in [5, 5.41) is 4.04. The Morgan fingerprint density at radius 1 is 1.29 bits per heavy atom. The molecule has 108 valence electrons. The summed E-state index contributed by atoms with van der Waals surface area (Å²) in [6.45, 7) is 6.00. The van der Waals surface area contributed by atoms with Crippen molar-refractivity contribution in [3.05, 3.63) is 59.2 Å². The minimum Gasteiger partial charge on any atom is -0.467 e. The number of aromatic amines is 1. The Kier molecular flexibility index (Phi) is 3.29. The molecule has 0 bridgehead atoms. The molecule has 2 N–H and O–H groups in total. The zero-order chi connectivity index (χ0) is 15.0. The number of furan rings is 1. The highest BCUT2D eigenvalue weighted by molar-refractivity contribution is 5.99. The fraction of sp³-hybridized carbons (Fsp3) is 0.235. The van der Waals surface area contributed by atoms with Crippen LogP contribution in [-0.2, 0) is 0 Å². The van der Waals surface area contributed by atoms with Gasteiger partial charge in [0.05, 0.1) is 12.3 Å². The summed E-state index contributed by atoms with van der Waals surface area (Å²) < 4.78 is 5.30. The van der Waals surface area contributed by atoms with Gasteiger partial charge in [0.15, 0.2) is 0 Å². The maximum absolute atomic E-state index is 12.3. The van der Waals surface area contributed by atoms with E-state index in [0.29, 0.717) is 5.56 Å². The van der Waals surface area contributed by atoms with Gasteiger partial charge in [-0.05, 0) is 56.7 Å². The van der Waals surface area contributed by atoms with Crippen LogP contribution in [-0.4, -0.2) is 10.9 Å². The minimum atomic E-state index is -0.155. The van der Waals surface area contributed by atoms with Gasteiger partial charge in [-0.3, -0.25) is 4.79 Å². The molecule has 4 heteroatoms. The molecule has 0 spiro atoms. The van der Waals surface area contributed by atoms with Crippen LogP contribution < -0.4 is 5.32 Å². The molecule has 3 rings (SSSR count). The number of benzene rings is 1. The predicted octanol–water partition coefficient (Wildman–Crippen LogP) is 3.87. The Hall–Kier alpha value is -2.49. The highest BCUT2D eigenvalue weighted by Crippen LogP contribution is 2.23. The summed E-state index contributed by atoms with van der Waals surface area (Å²) in [6.07, 6.45) is 1.61. The van der Waals surface area contributed by atoms with Crippen molar-refractivity contribution in [2.75, 3.05) is 0 Å². The van der Waals surface area contributed by atoms with E-state index < -0.39 is 0 Å². The molecule has 0 fully saturated rings. The van der Waals surface area contributed by atoms with Gasteiger partial charge in [-0.1, -0.05) is 0 Å². The molecule has 1 amide bonds. The summed E-state index contributed by atoms with van der Waals surface area (Å²) >= 11 is 0. The molecule has 2 heterocycles. The number of amides is 1. The van der Waals surface area contributed by atoms with Gasteiger partial charge in [-0.2, -0.15) is 0 Å². The van der Waals surface area contributed by atoms with E-state index in [9.17, 15) is 4.79 Å². The zero-order valence-electron chi connectivity index (χ0n) is 12.4. The van der Waals surface area contributed by atoms with Gasteiger partial charge in [-0.25, -0.2) is 0 Å². The van der Waals surface area contributed by atoms with Crippen molar-refractivity contribution in [3.63, 3.8) is 0 Å².